The van der Waals surface area contributed by atoms with Crippen molar-refractivity contribution in [1.29, 1.82) is 0 Å². The Morgan fingerprint density at radius 1 is 1.45 bits per heavy atom. The van der Waals surface area contributed by atoms with Gasteiger partial charge in [0.15, 0.2) is 5.82 Å². The molecule has 1 unspecified atom stereocenters. The van der Waals surface area contributed by atoms with Gasteiger partial charge in [0.05, 0.1) is 5.69 Å². The van der Waals surface area contributed by atoms with Crippen molar-refractivity contribution in [2.45, 2.75) is 45.1 Å². The van der Waals surface area contributed by atoms with Crippen LogP contribution in [0.25, 0.3) is 5.52 Å². The standard InChI is InChI=1S/C15H23N5/c1-15(2,3)13-8-12-14(17-6-7-20(12)19-13)18-11(9-16)10-4-5-10/h6-8,10-11H,4-5,9,16H2,1-3H3,(H,17,18). The molecule has 1 atom stereocenters. The molecule has 0 aliphatic heterocycles. The average Bonchev–Trinajstić information content (AvgIpc) is 3.12. The van der Waals surface area contributed by atoms with Crippen molar-refractivity contribution in [2.24, 2.45) is 11.7 Å². The lowest BCUT2D eigenvalue weighted by molar-refractivity contribution is 0.562. The van der Waals surface area contributed by atoms with Crippen molar-refractivity contribution in [3.05, 3.63) is 24.2 Å². The van der Waals surface area contributed by atoms with Gasteiger partial charge in [-0.05, 0) is 24.8 Å². The first-order valence-corrected chi connectivity index (χ1v) is 7.30. The van der Waals surface area contributed by atoms with Crippen molar-refractivity contribution in [3.63, 3.8) is 0 Å². The summed E-state index contributed by atoms with van der Waals surface area (Å²) < 4.78 is 1.90. The zero-order chi connectivity index (χ0) is 14.3. The highest BCUT2D eigenvalue weighted by Gasteiger charge is 2.31. The Kier molecular flexibility index (Phi) is 3.17. The fraction of sp³-hybridized carbons (Fsp3) is 0.600. The first kappa shape index (κ1) is 13.4. The van der Waals surface area contributed by atoms with Gasteiger partial charge in [-0.2, -0.15) is 5.10 Å². The van der Waals surface area contributed by atoms with Gasteiger partial charge in [-0.25, -0.2) is 9.50 Å². The highest BCUT2D eigenvalue weighted by molar-refractivity contribution is 5.68. The zero-order valence-corrected chi connectivity index (χ0v) is 12.4. The van der Waals surface area contributed by atoms with Gasteiger partial charge in [-0.3, -0.25) is 0 Å². The van der Waals surface area contributed by atoms with Crippen LogP contribution in [0.2, 0.25) is 0 Å². The molecule has 0 saturated heterocycles. The molecule has 0 bridgehead atoms. The summed E-state index contributed by atoms with van der Waals surface area (Å²) in [4.78, 5) is 4.47. The van der Waals surface area contributed by atoms with E-state index in [0.717, 1.165) is 17.0 Å². The number of hydrogen-bond acceptors (Lipinski definition) is 4. The van der Waals surface area contributed by atoms with Crippen LogP contribution in [0.15, 0.2) is 18.5 Å². The Morgan fingerprint density at radius 3 is 2.80 bits per heavy atom. The molecular formula is C15H23N5. The first-order chi connectivity index (χ1) is 9.49. The highest BCUT2D eigenvalue weighted by Crippen LogP contribution is 2.34. The average molecular weight is 273 g/mol. The number of hydrogen-bond donors (Lipinski definition) is 2. The van der Waals surface area contributed by atoms with Crippen LogP contribution in [0.3, 0.4) is 0 Å². The van der Waals surface area contributed by atoms with Crippen LogP contribution >= 0.6 is 0 Å². The quantitative estimate of drug-likeness (QED) is 0.896. The molecule has 5 nitrogen and oxygen atoms in total. The number of nitrogens with zero attached hydrogens (tertiary/aromatic N) is 3. The van der Waals surface area contributed by atoms with Gasteiger partial charge in [0.25, 0.3) is 0 Å². The maximum atomic E-state index is 5.87. The van der Waals surface area contributed by atoms with Gasteiger partial charge in [-0.1, -0.05) is 20.8 Å². The Morgan fingerprint density at radius 2 is 2.20 bits per heavy atom. The van der Waals surface area contributed by atoms with Gasteiger partial charge >= 0.3 is 0 Å². The van der Waals surface area contributed by atoms with Crippen LogP contribution in [0.1, 0.15) is 39.3 Å². The molecule has 5 heteroatoms. The molecule has 0 aromatic carbocycles. The number of anilines is 1. The molecule has 2 aromatic rings. The largest absolute Gasteiger partial charge is 0.364 e. The summed E-state index contributed by atoms with van der Waals surface area (Å²) in [6.45, 7) is 7.15. The van der Waals surface area contributed by atoms with Crippen LogP contribution in [0.5, 0.6) is 0 Å². The molecule has 3 rings (SSSR count). The van der Waals surface area contributed by atoms with E-state index in [9.17, 15) is 0 Å². The normalized spacial score (nSPS) is 17.4. The minimum absolute atomic E-state index is 0.0348. The lowest BCUT2D eigenvalue weighted by Gasteiger charge is -2.17. The summed E-state index contributed by atoms with van der Waals surface area (Å²) in [6, 6.07) is 2.44. The summed E-state index contributed by atoms with van der Waals surface area (Å²) >= 11 is 0. The molecule has 2 heterocycles. The van der Waals surface area contributed by atoms with Crippen LogP contribution < -0.4 is 11.1 Å². The lowest BCUT2D eigenvalue weighted by Crippen LogP contribution is -2.31. The van der Waals surface area contributed by atoms with E-state index in [1.54, 1.807) is 6.20 Å². The summed E-state index contributed by atoms with van der Waals surface area (Å²) in [7, 11) is 0. The number of fused-ring (bicyclic) bond motifs is 1. The Balaban J connectivity index is 1.96. The predicted molar refractivity (Wildman–Crippen MR) is 80.9 cm³/mol. The second-order valence-electron chi connectivity index (χ2n) is 6.71. The molecule has 0 amide bonds. The van der Waals surface area contributed by atoms with Crippen LogP contribution in [0.4, 0.5) is 5.82 Å². The van der Waals surface area contributed by atoms with E-state index in [1.807, 2.05) is 10.7 Å². The highest BCUT2D eigenvalue weighted by atomic mass is 15.2. The van der Waals surface area contributed by atoms with E-state index in [0.29, 0.717) is 18.5 Å². The monoisotopic (exact) mass is 273 g/mol. The van der Waals surface area contributed by atoms with Gasteiger partial charge in [-0.15, -0.1) is 0 Å². The van der Waals surface area contributed by atoms with Crippen molar-refractivity contribution in [3.8, 4) is 0 Å². The van der Waals surface area contributed by atoms with Gasteiger partial charge in [0.2, 0.25) is 0 Å². The fourth-order valence-electron chi connectivity index (χ4n) is 2.44. The van der Waals surface area contributed by atoms with E-state index < -0.39 is 0 Å². The van der Waals surface area contributed by atoms with Crippen LogP contribution in [0, 0.1) is 5.92 Å². The van der Waals surface area contributed by atoms with E-state index >= 15 is 0 Å². The molecule has 1 fully saturated rings. The van der Waals surface area contributed by atoms with E-state index in [1.165, 1.54) is 12.8 Å². The molecule has 1 aliphatic carbocycles. The van der Waals surface area contributed by atoms with Crippen molar-refractivity contribution in [2.75, 3.05) is 11.9 Å². The van der Waals surface area contributed by atoms with Gasteiger partial charge in [0, 0.05) is 30.4 Å². The topological polar surface area (TPSA) is 68.2 Å². The van der Waals surface area contributed by atoms with E-state index in [-0.39, 0.29) is 5.41 Å². The third-order valence-corrected chi connectivity index (χ3v) is 3.93. The number of nitrogens with one attached hydrogen (secondary N) is 1. The second-order valence-corrected chi connectivity index (χ2v) is 6.71. The molecule has 0 spiro atoms. The second kappa shape index (κ2) is 4.74. The lowest BCUT2D eigenvalue weighted by atomic mass is 9.92. The third-order valence-electron chi connectivity index (χ3n) is 3.93. The minimum atomic E-state index is 0.0348. The molecule has 3 N–H and O–H groups in total. The summed E-state index contributed by atoms with van der Waals surface area (Å²) in [5.41, 5.74) is 8.00. The van der Waals surface area contributed by atoms with Crippen LogP contribution in [-0.2, 0) is 5.41 Å². The molecule has 20 heavy (non-hydrogen) atoms. The number of nitrogens with two attached hydrogens (primary N) is 1. The predicted octanol–water partition coefficient (Wildman–Crippen LogP) is 2.18. The Bertz CT molecular complexity index is 606. The summed E-state index contributed by atoms with van der Waals surface area (Å²) in [5, 5.41) is 8.15. The molecule has 1 aliphatic rings. The third kappa shape index (κ3) is 2.50. The first-order valence-electron chi connectivity index (χ1n) is 7.30. The van der Waals surface area contributed by atoms with E-state index in [4.69, 9.17) is 5.73 Å². The molecular weight excluding hydrogens is 250 g/mol. The summed E-state index contributed by atoms with van der Waals surface area (Å²) in [6.07, 6.45) is 6.22. The van der Waals surface area contributed by atoms with Crippen LogP contribution in [-0.4, -0.2) is 27.2 Å². The van der Waals surface area contributed by atoms with Crippen molar-refractivity contribution >= 4 is 11.3 Å². The van der Waals surface area contributed by atoms with Gasteiger partial charge in [0.1, 0.15) is 5.52 Å². The molecule has 1 saturated carbocycles. The maximum Gasteiger partial charge on any atom is 0.152 e. The van der Waals surface area contributed by atoms with Crippen molar-refractivity contribution in [1.82, 2.24) is 14.6 Å². The van der Waals surface area contributed by atoms with Crippen molar-refractivity contribution < 1.29 is 0 Å². The number of aromatic nitrogens is 3. The Labute approximate surface area is 119 Å². The van der Waals surface area contributed by atoms with Gasteiger partial charge < -0.3 is 11.1 Å². The maximum absolute atomic E-state index is 5.87. The smallest absolute Gasteiger partial charge is 0.152 e. The molecule has 0 radical (unpaired) electrons. The zero-order valence-electron chi connectivity index (χ0n) is 12.4. The molecule has 2 aromatic heterocycles. The molecule has 108 valence electrons. The Hall–Kier alpha value is -1.62. The summed E-state index contributed by atoms with van der Waals surface area (Å²) in [5.74, 6) is 1.59. The minimum Gasteiger partial charge on any atom is -0.364 e. The number of rotatable bonds is 4. The van der Waals surface area contributed by atoms with E-state index in [2.05, 4.69) is 42.2 Å². The fourth-order valence-corrected chi connectivity index (χ4v) is 2.44. The SMILES string of the molecule is CC(C)(C)c1cc2c(NC(CN)C3CC3)nccn2n1.